The molecule has 2 aromatic heterocycles. The van der Waals surface area contributed by atoms with Gasteiger partial charge in [0, 0.05) is 44.5 Å². The summed E-state index contributed by atoms with van der Waals surface area (Å²) in [5, 5.41) is 9.69. The van der Waals surface area contributed by atoms with E-state index in [1.165, 1.54) is 72.1 Å². The Bertz CT molecular complexity index is 3560. The molecule has 2 heterocycles. The number of nitrogens with zero attached hydrogens (tertiary/aromatic N) is 2. The summed E-state index contributed by atoms with van der Waals surface area (Å²) in [6, 6.07) is 66.9. The van der Waals surface area contributed by atoms with Crippen molar-refractivity contribution in [3.8, 4) is 16.8 Å². The maximum absolute atomic E-state index is 6.56. The first-order chi connectivity index (χ1) is 29.7. The Morgan fingerprint density at radius 2 is 1.08 bits per heavy atom. The highest BCUT2D eigenvalue weighted by molar-refractivity contribution is 6.16. The molecule has 0 unspecified atom stereocenters. The molecule has 0 aliphatic heterocycles. The van der Waals surface area contributed by atoms with E-state index in [1.54, 1.807) is 0 Å². The summed E-state index contributed by atoms with van der Waals surface area (Å²) in [7, 11) is 0. The number of hydrogen-bond donors (Lipinski definition) is 0. The van der Waals surface area contributed by atoms with E-state index < -0.39 is 0 Å². The minimum absolute atomic E-state index is 0.0435. The zero-order valence-electron chi connectivity index (χ0n) is 35.0. The molecule has 0 N–H and O–H groups in total. The van der Waals surface area contributed by atoms with Gasteiger partial charge in [-0.15, -0.1) is 0 Å². The molecule has 0 bridgehead atoms. The second-order valence-electron chi connectivity index (χ2n) is 18.3. The van der Waals surface area contributed by atoms with Gasteiger partial charge in [-0.05, 0) is 123 Å². The first-order valence-electron chi connectivity index (χ1n) is 21.6. The molecule has 12 rings (SSSR count). The van der Waals surface area contributed by atoms with E-state index in [1.807, 2.05) is 6.07 Å². The number of furan rings is 1. The number of benzene rings is 9. The predicted octanol–water partition coefficient (Wildman–Crippen LogP) is 16.5. The molecular weight excluding hydrogens is 741 g/mol. The van der Waals surface area contributed by atoms with Crippen LogP contribution in [0.1, 0.15) is 51.7 Å². The monoisotopic (exact) mass is 786 g/mol. The minimum atomic E-state index is 0.0435. The molecule has 0 fully saturated rings. The quantitative estimate of drug-likeness (QED) is 0.162. The normalized spacial score (nSPS) is 14.7. The Kier molecular flexibility index (Phi) is 7.75. The predicted molar refractivity (Wildman–Crippen MR) is 258 cm³/mol. The van der Waals surface area contributed by atoms with Crippen molar-refractivity contribution in [2.24, 2.45) is 0 Å². The van der Waals surface area contributed by atoms with E-state index in [0.29, 0.717) is 0 Å². The number of hydrogen-bond acceptors (Lipinski definition) is 2. The summed E-state index contributed by atoms with van der Waals surface area (Å²) in [5.74, 6) is 0. The summed E-state index contributed by atoms with van der Waals surface area (Å²) in [5.41, 5.74) is 14.2. The van der Waals surface area contributed by atoms with Gasteiger partial charge in [0.15, 0.2) is 0 Å². The Morgan fingerprint density at radius 3 is 1.95 bits per heavy atom. The maximum atomic E-state index is 6.56. The van der Waals surface area contributed by atoms with E-state index in [2.05, 4.69) is 213 Å². The van der Waals surface area contributed by atoms with Gasteiger partial charge in [0.05, 0.1) is 22.4 Å². The van der Waals surface area contributed by atoms with Crippen LogP contribution < -0.4 is 4.90 Å². The lowest BCUT2D eigenvalue weighted by Gasteiger charge is -2.43. The summed E-state index contributed by atoms with van der Waals surface area (Å²) in [6.45, 7) is 9.70. The summed E-state index contributed by atoms with van der Waals surface area (Å²) < 4.78 is 9.10. The van der Waals surface area contributed by atoms with Gasteiger partial charge < -0.3 is 13.9 Å². The fraction of sp³-hybridized carbons (Fsp3) is 0.138. The molecule has 3 nitrogen and oxygen atoms in total. The van der Waals surface area contributed by atoms with Crippen molar-refractivity contribution in [2.45, 2.75) is 51.4 Å². The Labute approximate surface area is 356 Å². The van der Waals surface area contributed by atoms with Crippen LogP contribution in [-0.4, -0.2) is 4.57 Å². The van der Waals surface area contributed by atoms with E-state index in [4.69, 9.17) is 4.42 Å². The van der Waals surface area contributed by atoms with E-state index in [0.717, 1.165) is 51.0 Å². The summed E-state index contributed by atoms with van der Waals surface area (Å²) >= 11 is 0. The molecule has 3 heteroatoms. The zero-order valence-corrected chi connectivity index (χ0v) is 35.0. The lowest BCUT2D eigenvalue weighted by atomic mass is 9.62. The molecule has 0 amide bonds. The molecule has 0 spiro atoms. The average Bonchev–Trinajstić information content (AvgIpc) is 3.83. The Morgan fingerprint density at radius 1 is 0.443 bits per heavy atom. The number of para-hydroxylation sites is 3. The van der Waals surface area contributed by atoms with Crippen molar-refractivity contribution in [3.63, 3.8) is 0 Å². The van der Waals surface area contributed by atoms with Crippen molar-refractivity contribution in [1.29, 1.82) is 0 Å². The Hall–Kier alpha value is -7.10. The fourth-order valence-electron chi connectivity index (χ4n) is 10.7. The third-order valence-corrected chi connectivity index (χ3v) is 13.8. The first kappa shape index (κ1) is 35.8. The van der Waals surface area contributed by atoms with Gasteiger partial charge in [-0.25, -0.2) is 0 Å². The van der Waals surface area contributed by atoms with E-state index in [-0.39, 0.29) is 10.8 Å². The maximum Gasteiger partial charge on any atom is 0.137 e. The highest BCUT2D eigenvalue weighted by Crippen LogP contribution is 2.50. The van der Waals surface area contributed by atoms with Crippen LogP contribution in [0, 0.1) is 0 Å². The molecule has 9 aromatic carbocycles. The topological polar surface area (TPSA) is 21.3 Å². The van der Waals surface area contributed by atoms with Crippen LogP contribution in [0.4, 0.5) is 17.1 Å². The van der Waals surface area contributed by atoms with Gasteiger partial charge in [0.1, 0.15) is 11.2 Å². The number of anilines is 3. The lowest BCUT2D eigenvalue weighted by Crippen LogP contribution is -2.35. The van der Waals surface area contributed by atoms with Crippen LogP contribution in [0.15, 0.2) is 186 Å². The third-order valence-electron chi connectivity index (χ3n) is 13.8. The highest BCUT2D eigenvalue weighted by atomic mass is 16.3. The van der Waals surface area contributed by atoms with Gasteiger partial charge in [0.25, 0.3) is 0 Å². The smallest absolute Gasteiger partial charge is 0.137 e. The first-order valence-corrected chi connectivity index (χ1v) is 21.6. The molecule has 294 valence electrons. The Balaban J connectivity index is 1.13. The van der Waals surface area contributed by atoms with Crippen molar-refractivity contribution < 1.29 is 4.42 Å². The van der Waals surface area contributed by atoms with Crippen molar-refractivity contribution in [2.75, 3.05) is 4.90 Å². The van der Waals surface area contributed by atoms with Crippen LogP contribution >= 0.6 is 0 Å². The largest absolute Gasteiger partial charge is 0.456 e. The van der Waals surface area contributed by atoms with Gasteiger partial charge in [-0.3, -0.25) is 0 Å². The number of rotatable bonds is 5. The SMILES string of the molecule is CC1(C)CCC(C)(C)c2c(-n3c4ccccc4c4cc(N(c5ccc6c(c5)oc5ccccc56)c5ccccc5-c5cc6ccccc6c6ccccc56)ccc43)cccc21. The summed E-state index contributed by atoms with van der Waals surface area (Å²) in [4.78, 5) is 2.44. The van der Waals surface area contributed by atoms with Crippen LogP contribution in [0.5, 0.6) is 0 Å². The molecule has 0 atom stereocenters. The van der Waals surface area contributed by atoms with E-state index in [9.17, 15) is 0 Å². The van der Waals surface area contributed by atoms with E-state index >= 15 is 0 Å². The fourth-order valence-corrected chi connectivity index (χ4v) is 10.7. The van der Waals surface area contributed by atoms with Crippen LogP contribution in [0.25, 0.3) is 82.1 Å². The zero-order chi connectivity index (χ0) is 41.0. The van der Waals surface area contributed by atoms with Crippen molar-refractivity contribution >= 4 is 82.4 Å². The highest BCUT2D eigenvalue weighted by Gasteiger charge is 2.39. The minimum Gasteiger partial charge on any atom is -0.456 e. The van der Waals surface area contributed by atoms with Crippen molar-refractivity contribution in [1.82, 2.24) is 4.57 Å². The third kappa shape index (κ3) is 5.43. The van der Waals surface area contributed by atoms with Crippen LogP contribution in [0.3, 0.4) is 0 Å². The molecule has 0 saturated heterocycles. The van der Waals surface area contributed by atoms with Gasteiger partial charge in [-0.1, -0.05) is 143 Å². The second kappa shape index (κ2) is 13.2. The molecule has 0 saturated carbocycles. The van der Waals surface area contributed by atoms with Gasteiger partial charge in [0.2, 0.25) is 0 Å². The molecule has 11 aromatic rings. The van der Waals surface area contributed by atoms with Gasteiger partial charge >= 0.3 is 0 Å². The van der Waals surface area contributed by atoms with Gasteiger partial charge in [-0.2, -0.15) is 0 Å². The van der Waals surface area contributed by atoms with Crippen LogP contribution in [0.2, 0.25) is 0 Å². The molecule has 1 aliphatic rings. The second-order valence-corrected chi connectivity index (χ2v) is 18.3. The summed E-state index contributed by atoms with van der Waals surface area (Å²) in [6.07, 6.45) is 2.33. The average molecular weight is 787 g/mol. The number of aromatic nitrogens is 1. The molecule has 61 heavy (non-hydrogen) atoms. The number of fused-ring (bicyclic) bond motifs is 10. The molecule has 1 aliphatic carbocycles. The molecule has 0 radical (unpaired) electrons. The van der Waals surface area contributed by atoms with Crippen molar-refractivity contribution in [3.05, 3.63) is 193 Å². The standard InChI is InChI=1S/C58H46N2O/c1-57(2)32-33-58(3,4)56-49(57)23-15-26-53(56)60-51-25-13-10-21-44(51)48-35-38(29-31-52(48)60)59(39-28-30-46-45-22-11-14-27-54(45)61-55(46)36-39)50-24-12-9-20-43(50)47-34-37-16-5-6-17-40(37)41-18-7-8-19-42(41)47/h5-31,34-36H,32-33H2,1-4H3. The lowest BCUT2D eigenvalue weighted by molar-refractivity contribution is 0.331. The van der Waals surface area contributed by atoms with Crippen LogP contribution in [-0.2, 0) is 10.8 Å². The molecular formula is C58H46N2O.